The van der Waals surface area contributed by atoms with Gasteiger partial charge in [0, 0.05) is 25.7 Å². The zero-order valence-corrected chi connectivity index (χ0v) is 14.7. The number of ether oxygens (including phenoxy) is 1. The maximum atomic E-state index is 12.4. The van der Waals surface area contributed by atoms with Gasteiger partial charge in [-0.15, -0.1) is 0 Å². The highest BCUT2D eigenvalue weighted by atomic mass is 19.3. The first-order valence-corrected chi connectivity index (χ1v) is 8.61. The van der Waals surface area contributed by atoms with Crippen LogP contribution in [0.15, 0.2) is 24.7 Å². The van der Waals surface area contributed by atoms with Gasteiger partial charge in [-0.1, -0.05) is 0 Å². The minimum absolute atomic E-state index is 0.00807. The summed E-state index contributed by atoms with van der Waals surface area (Å²) in [7, 11) is 0. The van der Waals surface area contributed by atoms with E-state index in [2.05, 4.69) is 24.8 Å². The van der Waals surface area contributed by atoms with Gasteiger partial charge < -0.3 is 14.6 Å². The molecule has 11 heteroatoms. The highest BCUT2D eigenvalue weighted by Crippen LogP contribution is 2.24. The molecule has 2 saturated heterocycles. The lowest BCUT2D eigenvalue weighted by atomic mass is 10.2. The van der Waals surface area contributed by atoms with Crippen molar-refractivity contribution < 1.29 is 18.3 Å². The van der Waals surface area contributed by atoms with E-state index in [1.165, 1.54) is 12.4 Å². The van der Waals surface area contributed by atoms with E-state index in [9.17, 15) is 13.6 Å². The van der Waals surface area contributed by atoms with E-state index in [1.807, 2.05) is 0 Å². The Bertz CT molecular complexity index is 930. The van der Waals surface area contributed by atoms with Crippen LogP contribution in [0.1, 0.15) is 5.82 Å². The number of rotatable bonds is 5. The third-order valence-electron chi connectivity index (χ3n) is 4.62. The Morgan fingerprint density at radius 1 is 1.36 bits per heavy atom. The van der Waals surface area contributed by atoms with Gasteiger partial charge in [0.15, 0.2) is 0 Å². The van der Waals surface area contributed by atoms with Crippen LogP contribution in [0.4, 0.5) is 19.4 Å². The summed E-state index contributed by atoms with van der Waals surface area (Å²) in [5.74, 6) is 1.06. The molecule has 2 aromatic rings. The van der Waals surface area contributed by atoms with Gasteiger partial charge in [0.25, 0.3) is 6.43 Å². The van der Waals surface area contributed by atoms with E-state index in [1.54, 1.807) is 17.2 Å². The molecule has 146 valence electrons. The molecule has 0 radical (unpaired) electrons. The highest BCUT2D eigenvalue weighted by Gasteiger charge is 2.37. The number of aromatic amines is 1. The molecule has 0 bridgehead atoms. The van der Waals surface area contributed by atoms with Crippen LogP contribution in [-0.2, 0) is 4.74 Å². The average molecular weight is 389 g/mol. The van der Waals surface area contributed by atoms with Crippen molar-refractivity contribution in [3.8, 4) is 11.4 Å². The summed E-state index contributed by atoms with van der Waals surface area (Å²) in [5, 5.41) is 7.13. The lowest BCUT2D eigenvalue weighted by Gasteiger charge is -2.36. The monoisotopic (exact) mass is 389 g/mol. The molecule has 0 spiro atoms. The second-order valence-corrected chi connectivity index (χ2v) is 6.40. The summed E-state index contributed by atoms with van der Waals surface area (Å²) in [6, 6.07) is 1.81. The minimum atomic E-state index is -2.82. The molecule has 2 aromatic heterocycles. The van der Waals surface area contributed by atoms with Gasteiger partial charge in [-0.2, -0.15) is 0 Å². The fourth-order valence-electron chi connectivity index (χ4n) is 3.16. The number of hydrogen-bond donors (Lipinski definition) is 2. The Balaban J connectivity index is 1.49. The van der Waals surface area contributed by atoms with Crippen LogP contribution < -0.4 is 4.90 Å². The van der Waals surface area contributed by atoms with Gasteiger partial charge >= 0.3 is 6.09 Å². The molecule has 0 aromatic carbocycles. The first-order valence-electron chi connectivity index (χ1n) is 8.61. The van der Waals surface area contributed by atoms with E-state index in [4.69, 9.17) is 10.1 Å². The number of cyclic esters (lactones) is 1. The van der Waals surface area contributed by atoms with E-state index in [-0.39, 0.29) is 12.1 Å². The standard InChI is InChI=1S/C17H17F2N7O2/c18-16(19)11(20)1-2-14-21-6-13(24-14)12-5-15(23-9-22-12)25-3-4-26-10(7-25)8-28-17(26)27/h1-2,5-6,9-10,16,20H,3-4,7-8H2,(H,21,24)/b2-1-,20-11?. The van der Waals surface area contributed by atoms with Gasteiger partial charge in [-0.3, -0.25) is 10.3 Å². The predicted octanol–water partition coefficient (Wildman–Crippen LogP) is 1.81. The maximum Gasteiger partial charge on any atom is 0.410 e. The largest absolute Gasteiger partial charge is 0.447 e. The third kappa shape index (κ3) is 3.55. The lowest BCUT2D eigenvalue weighted by molar-refractivity contribution is 0.157. The molecule has 2 aliphatic rings. The molecule has 0 aliphatic carbocycles. The van der Waals surface area contributed by atoms with Crippen molar-refractivity contribution in [1.29, 1.82) is 5.41 Å². The molecule has 2 fully saturated rings. The van der Waals surface area contributed by atoms with Crippen LogP contribution in [0.25, 0.3) is 17.5 Å². The number of H-pyrrole nitrogens is 1. The van der Waals surface area contributed by atoms with Crippen LogP contribution >= 0.6 is 0 Å². The molecule has 1 amide bonds. The normalized spacial score (nSPS) is 19.4. The second kappa shape index (κ2) is 7.33. The number of piperazine rings is 1. The van der Waals surface area contributed by atoms with Crippen molar-refractivity contribution in [2.75, 3.05) is 31.1 Å². The van der Waals surface area contributed by atoms with Crippen molar-refractivity contribution in [2.24, 2.45) is 0 Å². The second-order valence-electron chi connectivity index (χ2n) is 6.40. The SMILES string of the molecule is N=C(/C=C\c1ncc(-c2cc(N3CCN4C(=O)OCC4C3)ncn2)[nH]1)C(F)F. The van der Waals surface area contributed by atoms with E-state index >= 15 is 0 Å². The highest BCUT2D eigenvalue weighted by molar-refractivity contribution is 5.97. The number of fused-ring (bicyclic) bond motifs is 1. The van der Waals surface area contributed by atoms with Crippen LogP contribution in [0, 0.1) is 5.41 Å². The number of imidazole rings is 1. The average Bonchev–Trinajstić information content (AvgIpc) is 3.33. The Morgan fingerprint density at radius 2 is 2.21 bits per heavy atom. The van der Waals surface area contributed by atoms with Gasteiger partial charge in [0.05, 0.1) is 29.3 Å². The lowest BCUT2D eigenvalue weighted by Crippen LogP contribution is -2.52. The number of carbonyl (C=O) groups is 1. The van der Waals surface area contributed by atoms with E-state index < -0.39 is 12.1 Å². The molecule has 28 heavy (non-hydrogen) atoms. The number of alkyl halides is 2. The molecule has 1 unspecified atom stereocenters. The van der Waals surface area contributed by atoms with Crippen molar-refractivity contribution >= 4 is 23.7 Å². The molecule has 0 saturated carbocycles. The summed E-state index contributed by atoms with van der Waals surface area (Å²) in [6.07, 6.45) is 2.21. The number of allylic oxidation sites excluding steroid dienone is 1. The number of nitrogens with one attached hydrogen (secondary N) is 2. The van der Waals surface area contributed by atoms with Gasteiger partial charge in [-0.25, -0.2) is 28.5 Å². The molecule has 4 rings (SSSR count). The number of aromatic nitrogens is 4. The molecule has 4 heterocycles. The molecule has 9 nitrogen and oxygen atoms in total. The van der Waals surface area contributed by atoms with Crippen molar-refractivity contribution in [3.05, 3.63) is 30.5 Å². The fourth-order valence-corrected chi connectivity index (χ4v) is 3.16. The van der Waals surface area contributed by atoms with Crippen LogP contribution in [0.2, 0.25) is 0 Å². The number of anilines is 1. The van der Waals surface area contributed by atoms with Gasteiger partial charge in [-0.05, 0) is 12.2 Å². The molecular weight excluding hydrogens is 372 g/mol. The minimum Gasteiger partial charge on any atom is -0.447 e. The first-order chi connectivity index (χ1) is 13.5. The van der Waals surface area contributed by atoms with Crippen LogP contribution in [0.5, 0.6) is 0 Å². The Kier molecular flexibility index (Phi) is 4.72. The van der Waals surface area contributed by atoms with Gasteiger partial charge in [0.1, 0.15) is 24.6 Å². The number of nitrogens with zero attached hydrogens (tertiary/aromatic N) is 5. The number of amides is 1. The van der Waals surface area contributed by atoms with Crippen molar-refractivity contribution in [3.63, 3.8) is 0 Å². The zero-order chi connectivity index (χ0) is 19.7. The van der Waals surface area contributed by atoms with Crippen molar-refractivity contribution in [1.82, 2.24) is 24.8 Å². The Hall–Kier alpha value is -3.37. The quantitative estimate of drug-likeness (QED) is 0.755. The summed E-state index contributed by atoms with van der Waals surface area (Å²) in [4.78, 5) is 31.0. The summed E-state index contributed by atoms with van der Waals surface area (Å²) in [6.45, 7) is 2.19. The molecule has 2 N–H and O–H groups in total. The molecular formula is C17H17F2N7O2. The van der Waals surface area contributed by atoms with Crippen LogP contribution in [-0.4, -0.2) is 75.3 Å². The number of hydrogen-bond acceptors (Lipinski definition) is 7. The summed E-state index contributed by atoms with van der Waals surface area (Å²) < 4.78 is 29.8. The summed E-state index contributed by atoms with van der Waals surface area (Å²) in [5.41, 5.74) is 0.419. The maximum absolute atomic E-state index is 12.4. The topological polar surface area (TPSA) is 111 Å². The smallest absolute Gasteiger partial charge is 0.410 e. The third-order valence-corrected chi connectivity index (χ3v) is 4.62. The Morgan fingerprint density at radius 3 is 3.04 bits per heavy atom. The predicted molar refractivity (Wildman–Crippen MR) is 96.4 cm³/mol. The zero-order valence-electron chi connectivity index (χ0n) is 14.7. The molecule has 2 aliphatic heterocycles. The summed E-state index contributed by atoms with van der Waals surface area (Å²) >= 11 is 0. The van der Waals surface area contributed by atoms with Gasteiger partial charge in [0.2, 0.25) is 0 Å². The Labute approximate surface area is 158 Å². The van der Waals surface area contributed by atoms with Crippen LogP contribution in [0.3, 0.4) is 0 Å². The number of halogens is 2. The number of carbonyl (C=O) groups excluding carboxylic acids is 1. The van der Waals surface area contributed by atoms with E-state index in [0.29, 0.717) is 43.5 Å². The first kappa shape index (κ1) is 18.0. The van der Waals surface area contributed by atoms with Crippen molar-refractivity contribution in [2.45, 2.75) is 12.5 Å². The molecule has 1 atom stereocenters. The van der Waals surface area contributed by atoms with E-state index in [0.717, 1.165) is 11.9 Å². The fraction of sp³-hybridized carbons (Fsp3) is 0.353.